The summed E-state index contributed by atoms with van der Waals surface area (Å²) in [5, 5.41) is 5.94. The molecular weight excluding hydrogens is 352 g/mol. The Labute approximate surface area is 167 Å². The van der Waals surface area contributed by atoms with Crippen LogP contribution in [0.3, 0.4) is 0 Å². The lowest BCUT2D eigenvalue weighted by Crippen LogP contribution is -1.99. The third-order valence-corrected chi connectivity index (χ3v) is 7.66. The summed E-state index contributed by atoms with van der Waals surface area (Å²) in [6.07, 6.45) is 0. The van der Waals surface area contributed by atoms with Crippen LogP contribution in [0.5, 0.6) is 0 Å². The minimum absolute atomic E-state index is 0. The van der Waals surface area contributed by atoms with Crippen molar-refractivity contribution in [2.45, 2.75) is 76.5 Å². The first kappa shape index (κ1) is 34.3. The van der Waals surface area contributed by atoms with Gasteiger partial charge >= 0.3 is 0 Å². The Balaban J connectivity index is -0.0000000711. The van der Waals surface area contributed by atoms with E-state index in [0.717, 1.165) is 54.1 Å². The van der Waals surface area contributed by atoms with Crippen molar-refractivity contribution in [2.75, 3.05) is 0 Å². The number of halogens is 3. The zero-order valence-corrected chi connectivity index (χ0v) is 20.3. The van der Waals surface area contributed by atoms with Gasteiger partial charge in [-0.25, -0.2) is 0 Å². The van der Waals surface area contributed by atoms with Gasteiger partial charge in [0, 0.05) is 0 Å². The van der Waals surface area contributed by atoms with Gasteiger partial charge in [0.25, 0.3) is 0 Å². The Morgan fingerprint density at radius 2 is 0.571 bits per heavy atom. The van der Waals surface area contributed by atoms with Crippen molar-refractivity contribution in [1.82, 2.24) is 0 Å². The fraction of sp³-hybridized carbons (Fsp3) is 1.00. The molecule has 0 spiro atoms. The maximum Gasteiger partial charge on any atom is 0.200 e. The summed E-state index contributed by atoms with van der Waals surface area (Å²) >= 11 is 1.51. The van der Waals surface area contributed by atoms with Gasteiger partial charge in [0.05, 0.1) is 0 Å². The summed E-state index contributed by atoms with van der Waals surface area (Å²) in [7, 11) is 0. The number of hydrogen-bond acceptors (Lipinski definition) is 0. The van der Waals surface area contributed by atoms with Crippen molar-refractivity contribution in [3.05, 3.63) is 0 Å². The SMILES string of the molecule is CC(C)[CH2][Al][CH2]C(C)C.CC(C)[CH2][Al][CH2]C(C)C.Cl.Cl.Cl. The highest BCUT2D eigenvalue weighted by molar-refractivity contribution is 6.35. The molecule has 0 unspecified atom stereocenters. The van der Waals surface area contributed by atoms with Gasteiger partial charge in [-0.15, -0.1) is 58.4 Å². The Morgan fingerprint density at radius 3 is 0.667 bits per heavy atom. The van der Waals surface area contributed by atoms with Crippen molar-refractivity contribution in [3.8, 4) is 0 Å². The third-order valence-electron chi connectivity index (χ3n) is 2.55. The molecule has 21 heavy (non-hydrogen) atoms. The average molecular weight is 392 g/mol. The van der Waals surface area contributed by atoms with Crippen LogP contribution in [0, 0.1) is 23.7 Å². The van der Waals surface area contributed by atoms with E-state index in [0.29, 0.717) is 0 Å². The molecule has 0 aliphatic rings. The van der Waals surface area contributed by atoms with Gasteiger partial charge in [0.15, 0.2) is 0 Å². The first-order chi connectivity index (χ1) is 8.25. The van der Waals surface area contributed by atoms with Crippen LogP contribution in [0.4, 0.5) is 0 Å². The quantitative estimate of drug-likeness (QED) is 0.393. The van der Waals surface area contributed by atoms with Gasteiger partial charge < -0.3 is 0 Å². The normalized spacial score (nSPS) is 9.33. The Bertz CT molecular complexity index is 130. The number of hydrogen-bond donors (Lipinski definition) is 0. The minimum atomic E-state index is 0. The fourth-order valence-electron chi connectivity index (χ4n) is 1.53. The molecule has 0 saturated carbocycles. The molecule has 5 heteroatoms. The summed E-state index contributed by atoms with van der Waals surface area (Å²) in [5.74, 6) is 3.72. The lowest BCUT2D eigenvalue weighted by molar-refractivity contribution is 0.700. The van der Waals surface area contributed by atoms with Crippen LogP contribution in [-0.2, 0) is 0 Å². The van der Waals surface area contributed by atoms with E-state index in [2.05, 4.69) is 55.4 Å². The average Bonchev–Trinajstić information content (AvgIpc) is 2.15. The molecule has 0 aliphatic heterocycles. The monoisotopic (exact) mass is 390 g/mol. The van der Waals surface area contributed by atoms with Gasteiger partial charge in [0.1, 0.15) is 0 Å². The predicted octanol–water partition coefficient (Wildman–Crippen LogP) is 6.94. The summed E-state index contributed by atoms with van der Waals surface area (Å²) in [5.41, 5.74) is 0. The van der Waals surface area contributed by atoms with E-state index in [9.17, 15) is 0 Å². The fourth-order valence-corrected chi connectivity index (χ4v) is 4.58. The molecule has 0 aliphatic carbocycles. The molecule has 0 atom stereocenters. The predicted molar refractivity (Wildman–Crippen MR) is 112 cm³/mol. The van der Waals surface area contributed by atoms with Crippen LogP contribution in [-0.4, -0.2) is 30.4 Å². The zero-order chi connectivity index (χ0) is 14.6. The van der Waals surface area contributed by atoms with E-state index in [4.69, 9.17) is 0 Å². The van der Waals surface area contributed by atoms with E-state index in [1.165, 1.54) is 21.1 Å². The van der Waals surface area contributed by atoms with Crippen LogP contribution >= 0.6 is 37.2 Å². The summed E-state index contributed by atoms with van der Waals surface area (Å²) in [6.45, 7) is 18.5. The zero-order valence-electron chi connectivity index (χ0n) is 15.5. The highest BCUT2D eigenvalue weighted by atomic mass is 35.5. The molecule has 0 fully saturated rings. The van der Waals surface area contributed by atoms with Gasteiger partial charge in [0.2, 0.25) is 30.4 Å². The first-order valence-electron chi connectivity index (χ1n) is 7.88. The van der Waals surface area contributed by atoms with Crippen molar-refractivity contribution in [3.63, 3.8) is 0 Å². The van der Waals surface area contributed by atoms with E-state index < -0.39 is 0 Å². The lowest BCUT2D eigenvalue weighted by Gasteiger charge is -2.03. The van der Waals surface area contributed by atoms with Crippen LogP contribution in [0.1, 0.15) is 55.4 Å². The molecule has 0 bridgehead atoms. The van der Waals surface area contributed by atoms with Crippen LogP contribution in [0.2, 0.25) is 21.1 Å². The van der Waals surface area contributed by atoms with Crippen LogP contribution in [0.25, 0.3) is 0 Å². The lowest BCUT2D eigenvalue weighted by atomic mass is 10.3. The molecule has 0 aromatic carbocycles. The first-order valence-corrected chi connectivity index (χ1v) is 11.2. The Morgan fingerprint density at radius 1 is 0.429 bits per heavy atom. The Kier molecular flexibility index (Phi) is 39.5. The molecule has 0 rings (SSSR count). The highest BCUT2D eigenvalue weighted by Crippen LogP contribution is 2.06. The van der Waals surface area contributed by atoms with Crippen molar-refractivity contribution in [2.24, 2.45) is 23.7 Å². The maximum atomic E-state index is 2.31. The topological polar surface area (TPSA) is 0 Å². The molecule has 0 N–H and O–H groups in total. The second kappa shape index (κ2) is 24.2. The second-order valence-electron chi connectivity index (χ2n) is 7.10. The van der Waals surface area contributed by atoms with Crippen molar-refractivity contribution >= 4 is 67.7 Å². The van der Waals surface area contributed by atoms with Gasteiger partial charge in [-0.1, -0.05) is 79.1 Å². The summed E-state index contributed by atoms with van der Waals surface area (Å²) < 4.78 is 0. The van der Waals surface area contributed by atoms with Crippen molar-refractivity contribution < 1.29 is 0 Å². The molecular formula is C16H39Al2Cl3. The summed E-state index contributed by atoms with van der Waals surface area (Å²) in [4.78, 5) is 0. The minimum Gasteiger partial charge on any atom is -0.147 e. The van der Waals surface area contributed by atoms with Gasteiger partial charge in [-0.05, 0) is 0 Å². The van der Waals surface area contributed by atoms with Crippen molar-refractivity contribution in [1.29, 1.82) is 0 Å². The van der Waals surface area contributed by atoms with Crippen LogP contribution in [0.15, 0.2) is 0 Å². The summed E-state index contributed by atoms with van der Waals surface area (Å²) in [6, 6.07) is 0. The maximum absolute atomic E-state index is 2.31. The van der Waals surface area contributed by atoms with E-state index in [1.54, 1.807) is 0 Å². The smallest absolute Gasteiger partial charge is 0.147 e. The molecule has 0 heterocycles. The molecule has 0 aromatic heterocycles. The van der Waals surface area contributed by atoms with Gasteiger partial charge in [-0.3, -0.25) is 0 Å². The molecule has 0 nitrogen and oxygen atoms in total. The number of rotatable bonds is 8. The highest BCUT2D eigenvalue weighted by Gasteiger charge is 1.99. The van der Waals surface area contributed by atoms with Crippen LogP contribution < -0.4 is 0 Å². The molecule has 0 saturated heterocycles. The van der Waals surface area contributed by atoms with E-state index in [1.807, 2.05) is 0 Å². The molecule has 0 aromatic rings. The third kappa shape index (κ3) is 44.9. The Hall–Kier alpha value is 1.93. The largest absolute Gasteiger partial charge is 0.200 e. The van der Waals surface area contributed by atoms with Gasteiger partial charge in [-0.2, -0.15) is 0 Å². The molecule has 0 amide bonds. The van der Waals surface area contributed by atoms with E-state index >= 15 is 0 Å². The second-order valence-corrected chi connectivity index (χ2v) is 10.1. The molecule has 2 radical (unpaired) electrons. The standard InChI is InChI=1S/4C4H9.2Al.3ClH/c4*1-4(2)3;;;;;/h4*4H,1H2,2-3H3;;;3*1H. The van der Waals surface area contributed by atoms with E-state index in [-0.39, 0.29) is 37.2 Å². The molecule has 130 valence electrons.